The maximum atomic E-state index is 13.7. The summed E-state index contributed by atoms with van der Waals surface area (Å²) < 4.78 is 13.7. The van der Waals surface area contributed by atoms with Crippen LogP contribution in [0.4, 0.5) is 15.8 Å². The first kappa shape index (κ1) is 20.0. The number of hydrogen-bond donors (Lipinski definition) is 2. The summed E-state index contributed by atoms with van der Waals surface area (Å²) in [6.07, 6.45) is 1.65. The van der Waals surface area contributed by atoms with Gasteiger partial charge in [0.1, 0.15) is 5.82 Å². The van der Waals surface area contributed by atoms with Gasteiger partial charge >= 0.3 is 0 Å². The van der Waals surface area contributed by atoms with Crippen LogP contribution in [0.5, 0.6) is 0 Å². The van der Waals surface area contributed by atoms with Gasteiger partial charge in [-0.2, -0.15) is 0 Å². The number of amides is 2. The first-order valence-corrected chi connectivity index (χ1v) is 9.61. The van der Waals surface area contributed by atoms with Crippen molar-refractivity contribution in [2.45, 2.75) is 32.7 Å². The van der Waals surface area contributed by atoms with Crippen LogP contribution >= 0.6 is 0 Å². The molecule has 0 spiro atoms. The van der Waals surface area contributed by atoms with E-state index in [4.69, 9.17) is 0 Å². The maximum absolute atomic E-state index is 13.7. The minimum Gasteiger partial charge on any atom is -0.326 e. The van der Waals surface area contributed by atoms with E-state index >= 15 is 0 Å². The smallest absolute Gasteiger partial charge is 0.241 e. The zero-order valence-electron chi connectivity index (χ0n) is 16.2. The number of hydrogen-bond acceptors (Lipinski definition) is 3. The van der Waals surface area contributed by atoms with Gasteiger partial charge in [-0.05, 0) is 63.1 Å². The van der Waals surface area contributed by atoms with Crippen molar-refractivity contribution in [2.24, 2.45) is 5.92 Å². The number of likely N-dealkylation sites (tertiary alicyclic amines) is 1. The number of piperidine rings is 1. The second-order valence-corrected chi connectivity index (χ2v) is 7.32. The molecule has 5 nitrogen and oxygen atoms in total. The minimum atomic E-state index is -0.406. The van der Waals surface area contributed by atoms with E-state index in [1.165, 1.54) is 6.07 Å². The Labute approximate surface area is 164 Å². The summed E-state index contributed by atoms with van der Waals surface area (Å²) in [5, 5.41) is 5.71. The zero-order valence-corrected chi connectivity index (χ0v) is 16.2. The summed E-state index contributed by atoms with van der Waals surface area (Å²) in [6.45, 7) is 4.77. The van der Waals surface area contributed by atoms with E-state index in [1.807, 2.05) is 42.2 Å². The van der Waals surface area contributed by atoms with E-state index in [1.54, 1.807) is 19.1 Å². The van der Waals surface area contributed by atoms with Gasteiger partial charge in [-0.3, -0.25) is 14.5 Å². The Balaban J connectivity index is 1.58. The molecule has 0 saturated carbocycles. The molecule has 2 amide bonds. The standard InChI is InChI=1S/C22H26FN3O2/c1-15-10-11-19(13-20(15)23)25-21(27)16(2)26-12-6-7-17(14-26)22(28)24-18-8-4-3-5-9-18/h3-5,8-11,13,16-17H,6-7,12,14H2,1-2H3,(H,24,28)(H,25,27)/t16-,17+/m1/s1. The summed E-state index contributed by atoms with van der Waals surface area (Å²) in [5.41, 5.74) is 1.75. The van der Waals surface area contributed by atoms with Crippen molar-refractivity contribution in [3.05, 3.63) is 59.9 Å². The average molecular weight is 383 g/mol. The van der Waals surface area contributed by atoms with Gasteiger partial charge in [-0.25, -0.2) is 4.39 Å². The number of nitrogens with one attached hydrogen (secondary N) is 2. The summed E-state index contributed by atoms with van der Waals surface area (Å²) in [7, 11) is 0. The van der Waals surface area contributed by atoms with Gasteiger partial charge in [0.2, 0.25) is 11.8 Å². The molecule has 148 valence electrons. The van der Waals surface area contributed by atoms with Gasteiger partial charge in [0.15, 0.2) is 0 Å². The van der Waals surface area contributed by atoms with Gasteiger partial charge in [0.25, 0.3) is 0 Å². The van der Waals surface area contributed by atoms with Crippen molar-refractivity contribution in [2.75, 3.05) is 23.7 Å². The number of rotatable bonds is 5. The molecule has 1 aliphatic heterocycles. The van der Waals surface area contributed by atoms with Crippen LogP contribution in [0, 0.1) is 18.7 Å². The van der Waals surface area contributed by atoms with Gasteiger partial charge in [-0.15, -0.1) is 0 Å². The SMILES string of the molecule is Cc1ccc(NC(=O)[C@@H](C)N2CCC[C@H](C(=O)Nc3ccccc3)C2)cc1F. The summed E-state index contributed by atoms with van der Waals surface area (Å²) in [6, 6.07) is 13.6. The maximum Gasteiger partial charge on any atom is 0.241 e. The molecule has 1 heterocycles. The normalized spacial score (nSPS) is 18.3. The molecule has 0 aliphatic carbocycles. The van der Waals surface area contributed by atoms with Crippen molar-refractivity contribution in [3.8, 4) is 0 Å². The Morgan fingerprint density at radius 3 is 2.57 bits per heavy atom. The monoisotopic (exact) mass is 383 g/mol. The number of carbonyl (C=O) groups is 2. The van der Waals surface area contributed by atoms with Gasteiger partial charge < -0.3 is 10.6 Å². The Morgan fingerprint density at radius 1 is 1.11 bits per heavy atom. The van der Waals surface area contributed by atoms with Crippen LogP contribution < -0.4 is 10.6 Å². The van der Waals surface area contributed by atoms with Gasteiger partial charge in [0, 0.05) is 17.9 Å². The van der Waals surface area contributed by atoms with Gasteiger partial charge in [-0.1, -0.05) is 24.3 Å². The van der Waals surface area contributed by atoms with E-state index in [0.29, 0.717) is 17.8 Å². The molecule has 0 radical (unpaired) electrons. The molecule has 2 atom stereocenters. The van der Waals surface area contributed by atoms with Crippen LogP contribution in [-0.2, 0) is 9.59 Å². The molecule has 1 saturated heterocycles. The molecule has 1 aliphatic rings. The Morgan fingerprint density at radius 2 is 1.86 bits per heavy atom. The number of nitrogens with zero attached hydrogens (tertiary/aromatic N) is 1. The molecule has 0 bridgehead atoms. The van der Waals surface area contributed by atoms with Crippen LogP contribution in [0.2, 0.25) is 0 Å². The van der Waals surface area contributed by atoms with E-state index in [-0.39, 0.29) is 23.5 Å². The summed E-state index contributed by atoms with van der Waals surface area (Å²) >= 11 is 0. The molecule has 3 rings (SSSR count). The van der Waals surface area contributed by atoms with Crippen molar-refractivity contribution in [3.63, 3.8) is 0 Å². The first-order chi connectivity index (χ1) is 13.4. The Hall–Kier alpha value is -2.73. The second kappa shape index (κ2) is 8.97. The highest BCUT2D eigenvalue weighted by atomic mass is 19.1. The molecule has 28 heavy (non-hydrogen) atoms. The molecule has 0 aromatic heterocycles. The molecule has 6 heteroatoms. The number of benzene rings is 2. The minimum absolute atomic E-state index is 0.0240. The van der Waals surface area contributed by atoms with Crippen LogP contribution in [0.25, 0.3) is 0 Å². The third-order valence-corrected chi connectivity index (χ3v) is 5.23. The second-order valence-electron chi connectivity index (χ2n) is 7.32. The van der Waals surface area contributed by atoms with Crippen LogP contribution in [0.3, 0.4) is 0 Å². The topological polar surface area (TPSA) is 61.4 Å². The first-order valence-electron chi connectivity index (χ1n) is 9.61. The lowest BCUT2D eigenvalue weighted by molar-refractivity contribution is -0.125. The zero-order chi connectivity index (χ0) is 20.1. The molecule has 0 unspecified atom stereocenters. The number of aryl methyl sites for hydroxylation is 1. The fraction of sp³-hybridized carbons (Fsp3) is 0.364. The predicted molar refractivity (Wildman–Crippen MR) is 109 cm³/mol. The lowest BCUT2D eigenvalue weighted by atomic mass is 9.95. The molecular weight excluding hydrogens is 357 g/mol. The quantitative estimate of drug-likeness (QED) is 0.825. The number of anilines is 2. The van der Waals surface area contributed by atoms with Crippen molar-refractivity contribution >= 4 is 23.2 Å². The van der Waals surface area contributed by atoms with Crippen LogP contribution in [0.1, 0.15) is 25.3 Å². The molecular formula is C22H26FN3O2. The number of carbonyl (C=O) groups excluding carboxylic acids is 2. The molecule has 1 fully saturated rings. The van der Waals surface area contributed by atoms with Crippen LogP contribution in [0.15, 0.2) is 48.5 Å². The lowest BCUT2D eigenvalue weighted by Crippen LogP contribution is -2.49. The van der Waals surface area contributed by atoms with E-state index in [9.17, 15) is 14.0 Å². The lowest BCUT2D eigenvalue weighted by Gasteiger charge is -2.35. The van der Waals surface area contributed by atoms with E-state index in [0.717, 1.165) is 25.1 Å². The summed E-state index contributed by atoms with van der Waals surface area (Å²) in [4.78, 5) is 27.2. The largest absolute Gasteiger partial charge is 0.326 e. The number of para-hydroxylation sites is 1. The van der Waals surface area contributed by atoms with Crippen LogP contribution in [-0.4, -0.2) is 35.8 Å². The fourth-order valence-corrected chi connectivity index (χ4v) is 3.42. The number of halogens is 1. The Bertz CT molecular complexity index is 841. The van der Waals surface area contributed by atoms with Gasteiger partial charge in [0.05, 0.1) is 12.0 Å². The highest BCUT2D eigenvalue weighted by molar-refractivity contribution is 5.95. The molecule has 2 aromatic rings. The highest BCUT2D eigenvalue weighted by Gasteiger charge is 2.31. The van der Waals surface area contributed by atoms with E-state index < -0.39 is 6.04 Å². The van der Waals surface area contributed by atoms with E-state index in [2.05, 4.69) is 10.6 Å². The third kappa shape index (κ3) is 4.95. The highest BCUT2D eigenvalue weighted by Crippen LogP contribution is 2.21. The van der Waals surface area contributed by atoms with Crippen molar-refractivity contribution < 1.29 is 14.0 Å². The van der Waals surface area contributed by atoms with Crippen molar-refractivity contribution in [1.29, 1.82) is 0 Å². The average Bonchev–Trinajstić information content (AvgIpc) is 2.71. The molecule has 2 aromatic carbocycles. The summed E-state index contributed by atoms with van der Waals surface area (Å²) in [5.74, 6) is -0.737. The molecule has 2 N–H and O–H groups in total. The Kier molecular flexibility index (Phi) is 6.41. The third-order valence-electron chi connectivity index (χ3n) is 5.23. The van der Waals surface area contributed by atoms with Crippen molar-refractivity contribution in [1.82, 2.24) is 4.90 Å². The fourth-order valence-electron chi connectivity index (χ4n) is 3.42. The predicted octanol–water partition coefficient (Wildman–Crippen LogP) is 3.81.